The minimum atomic E-state index is -3.70. The average molecular weight is 668 g/mol. The zero-order valence-electron chi connectivity index (χ0n) is 25.7. The Bertz CT molecular complexity index is 2110. The summed E-state index contributed by atoms with van der Waals surface area (Å²) in [5.74, 6) is 0. The standard InChI is InChI=1S/2C20H15.C2H4.2FH.Zr/c2*1-14-12-16-8-5-11-19(20(16)13-14)18-10-4-7-15-6-2-3-9-17(15)18;1-2;;;/h2*2-13H,1H3;1H,2H3;2*1H;/q2*-1;;;;+2/p-2. The van der Waals surface area contributed by atoms with E-state index in [-0.39, 0.29) is 0 Å². The molecule has 0 aliphatic rings. The smallest absolute Gasteiger partial charge is 0.0114 e. The van der Waals surface area contributed by atoms with Gasteiger partial charge in [0.15, 0.2) is 0 Å². The van der Waals surface area contributed by atoms with Crippen molar-refractivity contribution in [1.29, 1.82) is 0 Å². The molecule has 3 heteroatoms. The van der Waals surface area contributed by atoms with Crippen LogP contribution in [0.15, 0.2) is 146 Å². The summed E-state index contributed by atoms with van der Waals surface area (Å²) < 4.78 is 22.8. The van der Waals surface area contributed by atoms with E-state index < -0.39 is 22.5 Å². The fourth-order valence-corrected chi connectivity index (χ4v) is 6.16. The molecule has 0 aromatic heterocycles. The zero-order valence-corrected chi connectivity index (χ0v) is 28.1. The van der Waals surface area contributed by atoms with Crippen LogP contribution < -0.4 is 0 Å². The maximum absolute atomic E-state index is 10.9. The van der Waals surface area contributed by atoms with Gasteiger partial charge in [-0.05, 0) is 32.7 Å². The molecular formula is C42H34F2Zr-2. The molecule has 0 saturated carbocycles. The molecule has 0 bridgehead atoms. The van der Waals surface area contributed by atoms with E-state index in [9.17, 15) is 5.25 Å². The van der Waals surface area contributed by atoms with Gasteiger partial charge in [0.25, 0.3) is 0 Å². The molecule has 8 aromatic carbocycles. The second-order valence-corrected chi connectivity index (χ2v) is 14.2. The van der Waals surface area contributed by atoms with Crippen molar-refractivity contribution in [3.63, 3.8) is 0 Å². The Labute approximate surface area is 272 Å². The van der Waals surface area contributed by atoms with Gasteiger partial charge in [0, 0.05) is 0 Å². The maximum Gasteiger partial charge on any atom is -0.0114 e. The third kappa shape index (κ3) is 6.70. The summed E-state index contributed by atoms with van der Waals surface area (Å²) in [4.78, 5) is 0. The summed E-state index contributed by atoms with van der Waals surface area (Å²) in [6, 6.07) is 52.5. The summed E-state index contributed by atoms with van der Waals surface area (Å²) >= 11 is -3.70. The summed E-state index contributed by atoms with van der Waals surface area (Å²) in [6.45, 7) is 5.73. The predicted octanol–water partition coefficient (Wildman–Crippen LogP) is 12.6. The number of hydrogen-bond acceptors (Lipinski definition) is 0. The van der Waals surface area contributed by atoms with Crippen LogP contribution in [0.4, 0.5) is 5.25 Å². The number of hydrogen-bond donors (Lipinski definition) is 0. The van der Waals surface area contributed by atoms with Crippen LogP contribution in [0, 0.1) is 13.8 Å². The van der Waals surface area contributed by atoms with E-state index in [1.54, 1.807) is 0 Å². The minimum absolute atomic E-state index is 1.03. The van der Waals surface area contributed by atoms with Gasteiger partial charge in [-0.25, -0.2) is 0 Å². The molecule has 0 fully saturated rings. The molecule has 0 aliphatic heterocycles. The molecule has 0 atom stereocenters. The summed E-state index contributed by atoms with van der Waals surface area (Å²) in [6.07, 6.45) is 0. The first kappa shape index (κ1) is 30.7. The SMILES string of the molecule is C[CH]=[Zr]([F])[F].Cc1cc2c(-c3cccc4ccccc34)cccc2[cH-]1.Cc1cc2c(-c3cccc4ccccc34)cccc2[cH-]1. The van der Waals surface area contributed by atoms with E-state index in [2.05, 4.69) is 159 Å². The van der Waals surface area contributed by atoms with E-state index in [1.165, 1.54) is 83.4 Å². The quantitative estimate of drug-likeness (QED) is 0.161. The van der Waals surface area contributed by atoms with E-state index in [0.29, 0.717) is 0 Å². The van der Waals surface area contributed by atoms with Crippen molar-refractivity contribution in [2.24, 2.45) is 0 Å². The topological polar surface area (TPSA) is 0 Å². The van der Waals surface area contributed by atoms with E-state index in [1.807, 2.05) is 0 Å². The summed E-state index contributed by atoms with van der Waals surface area (Å²) in [5, 5.41) is 10.6. The second-order valence-electron chi connectivity index (χ2n) is 11.3. The van der Waals surface area contributed by atoms with Crippen molar-refractivity contribution in [1.82, 2.24) is 0 Å². The number of halogens is 2. The zero-order chi connectivity index (χ0) is 31.3. The van der Waals surface area contributed by atoms with Crippen molar-refractivity contribution in [3.05, 3.63) is 157 Å². The molecule has 0 saturated heterocycles. The third-order valence-corrected chi connectivity index (χ3v) is 9.24. The number of fused-ring (bicyclic) bond motifs is 4. The third-order valence-electron chi connectivity index (χ3n) is 8.17. The van der Waals surface area contributed by atoms with Crippen molar-refractivity contribution >= 4 is 46.8 Å². The van der Waals surface area contributed by atoms with Gasteiger partial charge in [0.05, 0.1) is 0 Å². The average Bonchev–Trinajstić information content (AvgIpc) is 3.65. The fraction of sp³-hybridized carbons (Fsp3) is 0.0714. The summed E-state index contributed by atoms with van der Waals surface area (Å²) in [7, 11) is 0. The van der Waals surface area contributed by atoms with Gasteiger partial charge in [-0.2, -0.15) is 12.1 Å². The Kier molecular flexibility index (Phi) is 9.38. The Morgan fingerprint density at radius 3 is 1.20 bits per heavy atom. The molecule has 8 rings (SSSR count). The number of aryl methyl sites for hydroxylation is 2. The minimum Gasteiger partial charge on any atom is -0.165 e. The first-order chi connectivity index (χ1) is 21.9. The van der Waals surface area contributed by atoms with Crippen LogP contribution in [0.2, 0.25) is 0 Å². The van der Waals surface area contributed by atoms with Crippen molar-refractivity contribution in [2.75, 3.05) is 0 Å². The first-order valence-corrected chi connectivity index (χ1v) is 18.5. The van der Waals surface area contributed by atoms with Gasteiger partial charge in [0.1, 0.15) is 0 Å². The molecule has 8 aromatic rings. The van der Waals surface area contributed by atoms with Gasteiger partial charge in [-0.3, -0.25) is 0 Å². The molecule has 0 heterocycles. The summed E-state index contributed by atoms with van der Waals surface area (Å²) in [5.41, 5.74) is 7.94. The number of rotatable bonds is 2. The molecule has 222 valence electrons. The largest absolute Gasteiger partial charge is 0.165 e. The predicted molar refractivity (Wildman–Crippen MR) is 188 cm³/mol. The second kappa shape index (κ2) is 13.8. The van der Waals surface area contributed by atoms with Crippen molar-refractivity contribution in [3.8, 4) is 22.3 Å². The molecule has 0 N–H and O–H groups in total. The Balaban J connectivity index is 0.000000139. The first-order valence-electron chi connectivity index (χ1n) is 15.2. The molecule has 0 radical (unpaired) electrons. The van der Waals surface area contributed by atoms with Gasteiger partial charge >= 0.3 is 38.4 Å². The molecule has 0 spiro atoms. The normalized spacial score (nSPS) is 10.8. The molecule has 0 aliphatic carbocycles. The Morgan fingerprint density at radius 1 is 0.467 bits per heavy atom. The van der Waals surface area contributed by atoms with Crippen molar-refractivity contribution in [2.45, 2.75) is 20.8 Å². The van der Waals surface area contributed by atoms with E-state index in [0.717, 1.165) is 3.71 Å². The van der Waals surface area contributed by atoms with Gasteiger partial charge < -0.3 is 0 Å². The van der Waals surface area contributed by atoms with Crippen LogP contribution in [0.25, 0.3) is 65.3 Å². The molecule has 0 nitrogen and oxygen atoms in total. The molecular weight excluding hydrogens is 634 g/mol. The maximum atomic E-state index is 10.9. The molecule has 0 amide bonds. The van der Waals surface area contributed by atoms with Gasteiger partial charge in [-0.15, -0.1) is 69.1 Å². The van der Waals surface area contributed by atoms with Crippen LogP contribution >= 0.6 is 0 Å². The van der Waals surface area contributed by atoms with Crippen LogP contribution in [0.5, 0.6) is 0 Å². The van der Waals surface area contributed by atoms with Crippen LogP contribution in [-0.4, -0.2) is 3.71 Å². The van der Waals surface area contributed by atoms with E-state index >= 15 is 0 Å². The fourth-order valence-electron chi connectivity index (χ4n) is 6.16. The van der Waals surface area contributed by atoms with Crippen LogP contribution in [-0.2, 0) is 22.5 Å². The van der Waals surface area contributed by atoms with Gasteiger partial charge in [0.2, 0.25) is 0 Å². The monoisotopic (exact) mass is 666 g/mol. The van der Waals surface area contributed by atoms with Crippen LogP contribution in [0.3, 0.4) is 0 Å². The van der Waals surface area contributed by atoms with E-state index in [4.69, 9.17) is 0 Å². The van der Waals surface area contributed by atoms with Crippen molar-refractivity contribution < 1.29 is 27.7 Å². The Morgan fingerprint density at radius 2 is 0.800 bits per heavy atom. The Hall–Kier alpha value is -4.33. The molecule has 0 unspecified atom stereocenters. The van der Waals surface area contributed by atoms with Gasteiger partial charge in [-0.1, -0.05) is 122 Å². The van der Waals surface area contributed by atoms with Crippen LogP contribution in [0.1, 0.15) is 18.1 Å². The molecule has 45 heavy (non-hydrogen) atoms. The number of benzene rings is 6.